The van der Waals surface area contributed by atoms with Crippen molar-refractivity contribution in [2.45, 2.75) is 64.6 Å². The average Bonchev–Trinajstić information content (AvgIpc) is 2.97. The highest BCUT2D eigenvalue weighted by molar-refractivity contribution is 6.17. The number of allylic oxidation sites excluding steroid dienone is 4. The number of Topliss-reactive ketones (excluding diaryl/α,β-unsaturated/α-hetero) is 1. The number of hydrogen-bond donors (Lipinski definition) is 0. The number of ketones is 2. The van der Waals surface area contributed by atoms with Crippen molar-refractivity contribution in [3.8, 4) is 0 Å². The number of alkyl halides is 2. The molecule has 0 saturated heterocycles. The molecule has 3 fully saturated rings. The number of esters is 1. The molecule has 0 aromatic heterocycles. The van der Waals surface area contributed by atoms with E-state index in [1.807, 2.05) is 0 Å². The second kappa shape index (κ2) is 8.18. The summed E-state index contributed by atoms with van der Waals surface area (Å²) in [5.74, 6) is -3.54. The molecular weight excluding hydrogens is 467 g/mol. The molecule has 0 bridgehead atoms. The van der Waals surface area contributed by atoms with Crippen LogP contribution in [0.15, 0.2) is 23.8 Å². The summed E-state index contributed by atoms with van der Waals surface area (Å²) in [4.78, 5) is 51.6. The van der Waals surface area contributed by atoms with Gasteiger partial charge in [0, 0.05) is 29.1 Å². The van der Waals surface area contributed by atoms with Gasteiger partial charge in [-0.05, 0) is 51.2 Å². The Kier molecular flexibility index (Phi) is 5.99. The van der Waals surface area contributed by atoms with Crippen molar-refractivity contribution in [3.05, 3.63) is 23.8 Å². The average molecular weight is 497 g/mol. The predicted molar refractivity (Wildman–Crippen MR) is 120 cm³/mol. The Morgan fingerprint density at radius 2 is 1.91 bits per heavy atom. The first kappa shape index (κ1) is 24.9. The van der Waals surface area contributed by atoms with Gasteiger partial charge in [-0.2, -0.15) is 0 Å². The predicted octanol–water partition coefficient (Wildman–Crippen LogP) is 4.46. The highest BCUT2D eigenvalue weighted by Crippen LogP contribution is 2.70. The Hall–Kier alpha value is -2.22. The molecule has 9 heteroatoms. The number of carbonyl (C=O) groups is 4. The van der Waals surface area contributed by atoms with Crippen LogP contribution < -0.4 is 0 Å². The van der Waals surface area contributed by atoms with Crippen LogP contribution in [-0.4, -0.2) is 47.6 Å². The molecule has 0 unspecified atom stereocenters. The summed E-state index contributed by atoms with van der Waals surface area (Å²) >= 11 is 5.69. The number of fused-ring (bicyclic) bond motifs is 5. The van der Waals surface area contributed by atoms with Gasteiger partial charge in [0.2, 0.25) is 5.60 Å². The molecule has 0 N–H and O–H groups in total. The van der Waals surface area contributed by atoms with Crippen LogP contribution in [0.3, 0.4) is 0 Å². The fourth-order valence-corrected chi connectivity index (χ4v) is 7.49. The minimum Gasteiger partial charge on any atom is -0.446 e. The maximum atomic E-state index is 17.2. The van der Waals surface area contributed by atoms with Crippen LogP contribution in [0.1, 0.15) is 53.4 Å². The summed E-state index contributed by atoms with van der Waals surface area (Å²) < 4.78 is 33.0. The number of rotatable bonds is 4. The first-order chi connectivity index (χ1) is 15.9. The van der Waals surface area contributed by atoms with E-state index in [-0.39, 0.29) is 18.8 Å². The summed E-state index contributed by atoms with van der Waals surface area (Å²) in [6.07, 6.45) is 4.00. The largest absolute Gasteiger partial charge is 0.509 e. The van der Waals surface area contributed by atoms with Crippen molar-refractivity contribution < 1.29 is 37.8 Å². The Balaban J connectivity index is 1.84. The van der Waals surface area contributed by atoms with E-state index in [4.69, 9.17) is 25.8 Å². The lowest BCUT2D eigenvalue weighted by Gasteiger charge is -2.59. The molecule has 186 valence electrons. The Morgan fingerprint density at radius 3 is 2.56 bits per heavy atom. The van der Waals surface area contributed by atoms with Crippen LogP contribution in [-0.2, 0) is 28.6 Å². The maximum absolute atomic E-state index is 17.2. The highest BCUT2D eigenvalue weighted by Gasteiger charge is 2.78. The molecule has 7 atom stereocenters. The summed E-state index contributed by atoms with van der Waals surface area (Å²) in [7, 11) is 0. The first-order valence-corrected chi connectivity index (χ1v) is 12.2. The fourth-order valence-electron chi connectivity index (χ4n) is 7.39. The van der Waals surface area contributed by atoms with Gasteiger partial charge >= 0.3 is 12.1 Å². The van der Waals surface area contributed by atoms with Gasteiger partial charge in [-0.15, -0.1) is 0 Å². The van der Waals surface area contributed by atoms with Crippen molar-refractivity contribution in [2.75, 3.05) is 12.7 Å². The number of ether oxygens (including phenoxy) is 3. The zero-order chi connectivity index (χ0) is 25.1. The third-order valence-electron chi connectivity index (χ3n) is 8.94. The molecule has 0 aromatic carbocycles. The lowest BCUT2D eigenvalue weighted by atomic mass is 9.45. The topological polar surface area (TPSA) is 96.0 Å². The smallest absolute Gasteiger partial charge is 0.446 e. The SMILES string of the molecule is CCOC(=O)O[C@]1(C(=O)OCCl)[C@H](C)C[C@H]2[C@@H]3CCC4=CC(=O)C=C[C@]4(C)[C@@]3(F)C(=O)C[C@@]21C. The lowest BCUT2D eigenvalue weighted by molar-refractivity contribution is -0.203. The van der Waals surface area contributed by atoms with E-state index in [9.17, 15) is 19.2 Å². The Labute approximate surface area is 203 Å². The van der Waals surface area contributed by atoms with Gasteiger partial charge in [-0.25, -0.2) is 14.0 Å². The van der Waals surface area contributed by atoms with Crippen LogP contribution in [0.4, 0.5) is 9.18 Å². The fraction of sp³-hybridized carbons (Fsp3) is 0.680. The summed E-state index contributed by atoms with van der Waals surface area (Å²) in [6.45, 7) is 6.73. The standard InChI is InChI=1S/C25H30ClFO7/c1-5-32-21(31)34-25(20(30)33-13-26)14(2)10-18-17-7-6-15-11-16(28)8-9-22(15,3)24(17,27)19(29)12-23(18,25)4/h8-9,11,14,17-18H,5-7,10,12-13H2,1-4H3/t14-,17+,18+,22+,23+,24+,25+/m1/s1. The molecule has 4 aliphatic carbocycles. The molecule has 4 rings (SSSR count). The normalized spacial score (nSPS) is 42.8. The minimum absolute atomic E-state index is 0.0294. The molecule has 3 saturated carbocycles. The van der Waals surface area contributed by atoms with Crippen LogP contribution in [0, 0.1) is 28.6 Å². The maximum Gasteiger partial charge on any atom is 0.509 e. The van der Waals surface area contributed by atoms with Crippen molar-refractivity contribution >= 4 is 35.3 Å². The molecule has 34 heavy (non-hydrogen) atoms. The van der Waals surface area contributed by atoms with E-state index in [1.165, 1.54) is 18.2 Å². The molecule has 7 nitrogen and oxygen atoms in total. The van der Waals surface area contributed by atoms with E-state index < -0.39 is 63.8 Å². The molecule has 0 spiro atoms. The van der Waals surface area contributed by atoms with E-state index in [0.29, 0.717) is 24.8 Å². The van der Waals surface area contributed by atoms with Gasteiger partial charge in [0.1, 0.15) is 0 Å². The highest BCUT2D eigenvalue weighted by atomic mass is 35.5. The molecule has 0 aliphatic heterocycles. The van der Waals surface area contributed by atoms with Crippen molar-refractivity contribution in [2.24, 2.45) is 28.6 Å². The Bertz CT molecular complexity index is 1010. The lowest BCUT2D eigenvalue weighted by Crippen LogP contribution is -2.68. The van der Waals surface area contributed by atoms with E-state index in [2.05, 4.69) is 0 Å². The molecule has 0 radical (unpaired) electrons. The van der Waals surface area contributed by atoms with Gasteiger partial charge in [0.15, 0.2) is 23.3 Å². The van der Waals surface area contributed by atoms with E-state index >= 15 is 4.39 Å². The zero-order valence-electron chi connectivity index (χ0n) is 19.8. The molecule has 0 amide bonds. The van der Waals surface area contributed by atoms with Crippen LogP contribution in [0.25, 0.3) is 0 Å². The summed E-state index contributed by atoms with van der Waals surface area (Å²) in [5, 5.41) is 0. The van der Waals surface area contributed by atoms with E-state index in [1.54, 1.807) is 27.7 Å². The van der Waals surface area contributed by atoms with E-state index in [0.717, 1.165) is 0 Å². The zero-order valence-corrected chi connectivity index (χ0v) is 20.6. The second-order valence-electron chi connectivity index (χ2n) is 10.3. The molecular formula is C25H30ClFO7. The van der Waals surface area contributed by atoms with Crippen molar-refractivity contribution in [1.29, 1.82) is 0 Å². The van der Waals surface area contributed by atoms with Gasteiger partial charge in [-0.1, -0.05) is 37.1 Å². The van der Waals surface area contributed by atoms with Gasteiger partial charge in [0.25, 0.3) is 0 Å². The quantitative estimate of drug-likeness (QED) is 0.418. The number of hydrogen-bond acceptors (Lipinski definition) is 7. The van der Waals surface area contributed by atoms with Crippen LogP contribution in [0.5, 0.6) is 0 Å². The third kappa shape index (κ3) is 2.99. The van der Waals surface area contributed by atoms with Gasteiger partial charge in [-0.3, -0.25) is 9.59 Å². The monoisotopic (exact) mass is 496 g/mol. The second-order valence-corrected chi connectivity index (χ2v) is 10.5. The molecule has 0 heterocycles. The van der Waals surface area contributed by atoms with Gasteiger partial charge in [0.05, 0.1) is 6.61 Å². The number of carbonyl (C=O) groups excluding carboxylic acids is 4. The molecule has 0 aromatic rings. The van der Waals surface area contributed by atoms with Crippen molar-refractivity contribution in [3.63, 3.8) is 0 Å². The third-order valence-corrected chi connectivity index (χ3v) is 9.05. The number of halogens is 2. The van der Waals surface area contributed by atoms with Crippen molar-refractivity contribution in [1.82, 2.24) is 0 Å². The summed E-state index contributed by atoms with van der Waals surface area (Å²) in [6, 6.07) is -0.463. The first-order valence-electron chi connectivity index (χ1n) is 11.7. The van der Waals surface area contributed by atoms with Crippen LogP contribution >= 0.6 is 11.6 Å². The molecule has 4 aliphatic rings. The van der Waals surface area contributed by atoms with Crippen LogP contribution in [0.2, 0.25) is 0 Å². The van der Waals surface area contributed by atoms with Gasteiger partial charge < -0.3 is 14.2 Å². The Morgan fingerprint density at radius 1 is 1.21 bits per heavy atom. The summed E-state index contributed by atoms with van der Waals surface area (Å²) in [5.41, 5.74) is -5.99. The minimum atomic E-state index is -2.26.